The molecule has 4 atom stereocenters. The Labute approximate surface area is 236 Å². The lowest BCUT2D eigenvalue weighted by Gasteiger charge is -2.50. The molecule has 41 heavy (non-hydrogen) atoms. The Morgan fingerprint density at radius 1 is 1.22 bits per heavy atom. The lowest BCUT2D eigenvalue weighted by molar-refractivity contribution is -0.153. The van der Waals surface area contributed by atoms with E-state index in [1.165, 1.54) is 25.1 Å². The molecule has 12 heteroatoms. The molecule has 0 bridgehead atoms. The van der Waals surface area contributed by atoms with Crippen molar-refractivity contribution in [2.45, 2.75) is 43.9 Å². The molecule has 0 aromatic heterocycles. The molecule has 1 aromatic rings. The summed E-state index contributed by atoms with van der Waals surface area (Å²) in [7, 11) is 4.63. The number of carbonyl (C=O) groups is 3. The molecule has 1 amide bonds. The highest BCUT2D eigenvalue weighted by Gasteiger charge is 2.64. The van der Waals surface area contributed by atoms with Crippen molar-refractivity contribution in [3.05, 3.63) is 45.5 Å². The predicted molar refractivity (Wildman–Crippen MR) is 144 cm³/mol. The molecule has 11 nitrogen and oxygen atoms in total. The first-order chi connectivity index (χ1) is 19.3. The number of methoxy groups -OCH3 is 1. The van der Waals surface area contributed by atoms with Crippen molar-refractivity contribution in [2.75, 3.05) is 40.9 Å². The van der Waals surface area contributed by atoms with Crippen molar-refractivity contribution in [2.24, 2.45) is 23.5 Å². The molecule has 0 radical (unpaired) electrons. The van der Waals surface area contributed by atoms with Gasteiger partial charge in [-0.15, -0.1) is 0 Å². The minimum atomic E-state index is -2.73. The monoisotopic (exact) mass is 573 g/mol. The second kappa shape index (κ2) is 10.5. The van der Waals surface area contributed by atoms with Gasteiger partial charge in [-0.1, -0.05) is 0 Å². The first-order valence-corrected chi connectivity index (χ1v) is 13.7. The molecule has 0 aliphatic heterocycles. The molecule has 0 heterocycles. The Kier molecular flexibility index (Phi) is 7.48. The number of nitrogens with two attached hydrogens (primary N) is 1. The van der Waals surface area contributed by atoms with Crippen LogP contribution in [0.3, 0.4) is 0 Å². The van der Waals surface area contributed by atoms with E-state index in [1.54, 1.807) is 7.11 Å². The van der Waals surface area contributed by atoms with Gasteiger partial charge in [0, 0.05) is 49.4 Å². The van der Waals surface area contributed by atoms with E-state index in [0.29, 0.717) is 19.1 Å². The number of phenols is 1. The zero-order valence-electron chi connectivity index (χ0n) is 23.3. The number of aliphatic hydroxyl groups excluding tert-OH is 2. The van der Waals surface area contributed by atoms with Crippen LogP contribution in [0, 0.1) is 23.6 Å². The number of primary amides is 1. The SMILES string of the molecule is COCCN(Cc1cc(O)c2c(c1F)C[C@H]1C[C@H]3[C@H](N(C)C)C(=O)C(C(N)=O)=C(O)[C@@]3(O)C(=O)C1=C2O)CC1CC1. The number of Topliss-reactive ketones (excluding diaryl/α,β-unsaturated/α-hetero) is 2. The predicted octanol–water partition coefficient (Wildman–Crippen LogP) is 0.962. The highest BCUT2D eigenvalue weighted by molar-refractivity contribution is 6.24. The molecule has 6 N–H and O–H groups in total. The van der Waals surface area contributed by atoms with E-state index < -0.39 is 69.6 Å². The molecule has 4 aliphatic carbocycles. The number of halogens is 1. The fourth-order valence-corrected chi connectivity index (χ4v) is 6.82. The quantitative estimate of drug-likeness (QED) is 0.268. The fourth-order valence-electron chi connectivity index (χ4n) is 6.82. The lowest BCUT2D eigenvalue weighted by Crippen LogP contribution is -2.65. The minimum Gasteiger partial charge on any atom is -0.508 e. The number of phenolic OH excluding ortho intramolecular Hbond substituents is 1. The van der Waals surface area contributed by atoms with E-state index in [0.717, 1.165) is 19.4 Å². The number of benzene rings is 1. The second-order valence-electron chi connectivity index (χ2n) is 11.9. The summed E-state index contributed by atoms with van der Waals surface area (Å²) >= 11 is 0. The first kappa shape index (κ1) is 29.2. The number of hydrogen-bond acceptors (Lipinski definition) is 10. The highest BCUT2D eigenvalue weighted by atomic mass is 19.1. The van der Waals surface area contributed by atoms with Crippen LogP contribution in [0.5, 0.6) is 5.75 Å². The van der Waals surface area contributed by atoms with Crippen LogP contribution in [0.1, 0.15) is 36.0 Å². The van der Waals surface area contributed by atoms with Gasteiger partial charge in [-0.05, 0) is 57.7 Å². The van der Waals surface area contributed by atoms with Crippen molar-refractivity contribution in [1.82, 2.24) is 9.80 Å². The van der Waals surface area contributed by atoms with E-state index in [-0.39, 0.29) is 41.6 Å². The zero-order chi connectivity index (χ0) is 30.0. The molecule has 2 fully saturated rings. The van der Waals surface area contributed by atoms with E-state index in [2.05, 4.69) is 4.90 Å². The Morgan fingerprint density at radius 3 is 2.49 bits per heavy atom. The number of amides is 1. The van der Waals surface area contributed by atoms with Gasteiger partial charge in [0.1, 0.15) is 28.7 Å². The van der Waals surface area contributed by atoms with Crippen LogP contribution in [-0.4, -0.2) is 100 Å². The van der Waals surface area contributed by atoms with E-state index in [4.69, 9.17) is 10.5 Å². The first-order valence-electron chi connectivity index (χ1n) is 13.7. The van der Waals surface area contributed by atoms with Gasteiger partial charge in [0.15, 0.2) is 11.4 Å². The normalized spacial score (nSPS) is 27.8. The number of fused-ring (bicyclic) bond motifs is 3. The van der Waals surface area contributed by atoms with Crippen molar-refractivity contribution in [3.8, 4) is 5.75 Å². The van der Waals surface area contributed by atoms with Crippen LogP contribution >= 0.6 is 0 Å². The Morgan fingerprint density at radius 2 is 1.90 bits per heavy atom. The summed E-state index contributed by atoms with van der Waals surface area (Å²) in [6.45, 7) is 2.00. The third kappa shape index (κ3) is 4.62. The number of likely N-dealkylation sites (N-methyl/N-ethyl adjacent to an activating group) is 1. The third-order valence-electron chi connectivity index (χ3n) is 8.95. The maximum Gasteiger partial charge on any atom is 0.255 e. The standard InChI is InChI=1S/C29H36FN3O8/c1-32(2)23-17-9-14-8-16-20(18(34)10-15(22(16)30)12-33(6-7-41-3)11-13-4-5-13)24(35)19(14)26(37)29(17,40)27(38)21(25(23)36)28(31)39/h10,13-14,17,23,34-35,38,40H,4-9,11-12H2,1-3H3,(H2,31,39)/t14-,17-,23-,29-/m0/s1. The molecule has 0 spiro atoms. The van der Waals surface area contributed by atoms with E-state index in [1.807, 2.05) is 0 Å². The van der Waals surface area contributed by atoms with Crippen LogP contribution in [0.4, 0.5) is 4.39 Å². The van der Waals surface area contributed by atoms with Crippen LogP contribution in [-0.2, 0) is 32.1 Å². The molecule has 5 rings (SSSR count). The highest BCUT2D eigenvalue weighted by Crippen LogP contribution is 2.53. The number of ketones is 2. The van der Waals surface area contributed by atoms with Crippen molar-refractivity contribution < 1.29 is 43.9 Å². The van der Waals surface area contributed by atoms with Gasteiger partial charge < -0.3 is 30.9 Å². The Hall–Kier alpha value is -3.32. The van der Waals surface area contributed by atoms with Crippen molar-refractivity contribution in [1.29, 1.82) is 0 Å². The third-order valence-corrected chi connectivity index (χ3v) is 8.95. The molecule has 0 saturated heterocycles. The number of ether oxygens (including phenoxy) is 1. The largest absolute Gasteiger partial charge is 0.508 e. The summed E-state index contributed by atoms with van der Waals surface area (Å²) in [5, 5.41) is 44.8. The topological polar surface area (TPSA) is 174 Å². The lowest BCUT2D eigenvalue weighted by atomic mass is 9.57. The molecule has 222 valence electrons. The summed E-state index contributed by atoms with van der Waals surface area (Å²) < 4.78 is 21.3. The number of carbonyl (C=O) groups excluding carboxylic acids is 3. The second-order valence-corrected chi connectivity index (χ2v) is 11.9. The fraction of sp³-hybridized carbons (Fsp3) is 0.552. The van der Waals surface area contributed by atoms with Crippen LogP contribution in [0.25, 0.3) is 5.76 Å². The minimum absolute atomic E-state index is 0.0312. The Bertz CT molecular complexity index is 1380. The number of aliphatic hydroxyl groups is 3. The maximum atomic E-state index is 16.1. The summed E-state index contributed by atoms with van der Waals surface area (Å²) in [6.07, 6.45) is 2.02. The van der Waals surface area contributed by atoms with Gasteiger partial charge in [-0.3, -0.25) is 24.2 Å². The molecule has 2 saturated carbocycles. The van der Waals surface area contributed by atoms with Gasteiger partial charge in [0.05, 0.1) is 18.2 Å². The number of aromatic hydroxyl groups is 1. The average Bonchev–Trinajstić information content (AvgIpc) is 3.71. The smallest absolute Gasteiger partial charge is 0.255 e. The molecule has 4 aliphatic rings. The van der Waals surface area contributed by atoms with Crippen molar-refractivity contribution in [3.63, 3.8) is 0 Å². The molecule has 0 unspecified atom stereocenters. The average molecular weight is 574 g/mol. The number of nitrogens with zero attached hydrogens (tertiary/aromatic N) is 2. The van der Waals surface area contributed by atoms with Crippen molar-refractivity contribution >= 4 is 23.2 Å². The van der Waals surface area contributed by atoms with E-state index in [9.17, 15) is 34.8 Å². The summed E-state index contributed by atoms with van der Waals surface area (Å²) in [4.78, 5) is 42.6. The van der Waals surface area contributed by atoms with Gasteiger partial charge in [-0.25, -0.2) is 4.39 Å². The van der Waals surface area contributed by atoms with Gasteiger partial charge >= 0.3 is 0 Å². The van der Waals surface area contributed by atoms with Gasteiger partial charge in [0.2, 0.25) is 5.78 Å². The van der Waals surface area contributed by atoms with Gasteiger partial charge in [-0.2, -0.15) is 0 Å². The summed E-state index contributed by atoms with van der Waals surface area (Å²) in [5.74, 6) is -7.70. The maximum absolute atomic E-state index is 16.1. The molecular formula is C29H36FN3O8. The van der Waals surface area contributed by atoms with E-state index >= 15 is 4.39 Å². The van der Waals surface area contributed by atoms with Gasteiger partial charge in [0.25, 0.3) is 5.91 Å². The number of rotatable bonds is 9. The van der Waals surface area contributed by atoms with Crippen LogP contribution < -0.4 is 5.73 Å². The van der Waals surface area contributed by atoms with Crippen LogP contribution in [0.2, 0.25) is 0 Å². The zero-order valence-corrected chi connectivity index (χ0v) is 23.3. The Balaban J connectivity index is 1.59. The molecular weight excluding hydrogens is 537 g/mol. The summed E-state index contributed by atoms with van der Waals surface area (Å²) in [6, 6.07) is 0.0287. The molecule has 1 aromatic carbocycles. The number of hydrogen-bond donors (Lipinski definition) is 5. The van der Waals surface area contributed by atoms with Crippen LogP contribution in [0.15, 0.2) is 23.0 Å². The summed E-state index contributed by atoms with van der Waals surface area (Å²) in [5.41, 5.74) is 1.42.